The van der Waals surface area contributed by atoms with E-state index in [2.05, 4.69) is 30.9 Å². The van der Waals surface area contributed by atoms with Gasteiger partial charge in [-0.25, -0.2) is 4.79 Å². The number of rotatable bonds is 7. The van der Waals surface area contributed by atoms with Gasteiger partial charge < -0.3 is 25.7 Å². The number of carbonyl (C=O) groups is 1. The van der Waals surface area contributed by atoms with Gasteiger partial charge in [-0.1, -0.05) is 0 Å². The quantitative estimate of drug-likeness (QED) is 0.316. The molecule has 1 rings (SSSR count). The molecule has 0 heterocycles. The third kappa shape index (κ3) is 5.78. The fourth-order valence-electron chi connectivity index (χ4n) is 1.59. The molecule has 0 saturated carbocycles. The highest BCUT2D eigenvalue weighted by Gasteiger charge is 2.20. The van der Waals surface area contributed by atoms with Crippen molar-refractivity contribution >= 4 is 34.1 Å². The molecule has 8 nitrogen and oxygen atoms in total. The van der Waals surface area contributed by atoms with Gasteiger partial charge in [-0.05, 0) is 47.5 Å². The van der Waals surface area contributed by atoms with Crippen molar-refractivity contribution in [1.29, 1.82) is 0 Å². The van der Waals surface area contributed by atoms with Gasteiger partial charge in [-0.15, -0.1) is 5.10 Å². The second kappa shape index (κ2) is 8.99. The molecule has 0 aliphatic rings. The molecule has 1 atom stereocenters. The van der Waals surface area contributed by atoms with E-state index in [0.717, 1.165) is 0 Å². The van der Waals surface area contributed by atoms with E-state index in [1.807, 2.05) is 6.92 Å². The number of esters is 1. The highest BCUT2D eigenvalue weighted by molar-refractivity contribution is 9.10. The normalized spacial score (nSPS) is 11.8. The van der Waals surface area contributed by atoms with E-state index < -0.39 is 12.1 Å². The molecule has 0 amide bonds. The zero-order chi connectivity index (χ0) is 17.4. The molecule has 0 fully saturated rings. The third-order valence-corrected chi connectivity index (χ3v) is 3.13. The highest BCUT2D eigenvalue weighted by atomic mass is 79.9. The van der Waals surface area contributed by atoms with Crippen LogP contribution in [0.15, 0.2) is 26.8 Å². The van der Waals surface area contributed by atoms with E-state index in [-0.39, 0.29) is 5.96 Å². The Balaban J connectivity index is 3.13. The van der Waals surface area contributed by atoms with Crippen LogP contribution in [0.4, 0.5) is 0 Å². The zero-order valence-electron chi connectivity index (χ0n) is 13.1. The van der Waals surface area contributed by atoms with Gasteiger partial charge >= 0.3 is 5.97 Å². The van der Waals surface area contributed by atoms with E-state index >= 15 is 0 Å². The first kappa shape index (κ1) is 18.8. The molecule has 0 saturated heterocycles. The highest BCUT2D eigenvalue weighted by Crippen LogP contribution is 2.37. The van der Waals surface area contributed by atoms with Crippen LogP contribution in [0.3, 0.4) is 0 Å². The van der Waals surface area contributed by atoms with Crippen LogP contribution in [-0.4, -0.2) is 38.0 Å². The maximum absolute atomic E-state index is 11.5. The smallest absolute Gasteiger partial charge is 0.346 e. The molecule has 0 aliphatic heterocycles. The molecule has 23 heavy (non-hydrogen) atoms. The van der Waals surface area contributed by atoms with Gasteiger partial charge in [0, 0.05) is 0 Å². The number of guanidine groups is 1. The first-order chi connectivity index (χ1) is 10.9. The SMILES string of the molecule is CCOc1cc(C=NN=C(N)N)cc(Br)c1OC(C)C(=O)OC. The Hall–Kier alpha value is -2.29. The van der Waals surface area contributed by atoms with Crippen molar-refractivity contribution in [3.05, 3.63) is 22.2 Å². The largest absolute Gasteiger partial charge is 0.490 e. The molecule has 0 spiro atoms. The third-order valence-electron chi connectivity index (χ3n) is 2.54. The Morgan fingerprint density at radius 1 is 1.43 bits per heavy atom. The van der Waals surface area contributed by atoms with Crippen molar-refractivity contribution in [3.63, 3.8) is 0 Å². The van der Waals surface area contributed by atoms with Crippen molar-refractivity contribution in [2.45, 2.75) is 20.0 Å². The lowest BCUT2D eigenvalue weighted by Gasteiger charge is -2.17. The monoisotopic (exact) mass is 386 g/mol. The fraction of sp³-hybridized carbons (Fsp3) is 0.357. The van der Waals surface area contributed by atoms with Crippen LogP contribution in [-0.2, 0) is 9.53 Å². The molecule has 4 N–H and O–H groups in total. The number of methoxy groups -OCH3 is 1. The first-order valence-corrected chi connectivity index (χ1v) is 7.51. The van der Waals surface area contributed by atoms with Gasteiger partial charge in [0.25, 0.3) is 0 Å². The van der Waals surface area contributed by atoms with Gasteiger partial charge in [-0.3, -0.25) is 0 Å². The van der Waals surface area contributed by atoms with Crippen molar-refractivity contribution < 1.29 is 19.0 Å². The van der Waals surface area contributed by atoms with Gasteiger partial charge in [0.05, 0.1) is 24.4 Å². The minimum absolute atomic E-state index is 0.141. The molecule has 1 aromatic carbocycles. The van der Waals surface area contributed by atoms with Crippen LogP contribution >= 0.6 is 15.9 Å². The van der Waals surface area contributed by atoms with E-state index in [0.29, 0.717) is 28.1 Å². The van der Waals surface area contributed by atoms with E-state index in [4.69, 9.17) is 20.9 Å². The molecule has 0 aromatic heterocycles. The number of nitrogens with zero attached hydrogens (tertiary/aromatic N) is 2. The van der Waals surface area contributed by atoms with Gasteiger partial charge in [0.2, 0.25) is 5.96 Å². The summed E-state index contributed by atoms with van der Waals surface area (Å²) in [6, 6.07) is 3.42. The molecule has 1 aromatic rings. The summed E-state index contributed by atoms with van der Waals surface area (Å²) in [6.07, 6.45) is 0.678. The van der Waals surface area contributed by atoms with Crippen molar-refractivity contribution in [2.75, 3.05) is 13.7 Å². The second-order valence-electron chi connectivity index (χ2n) is 4.32. The van der Waals surface area contributed by atoms with Crippen LogP contribution in [0.25, 0.3) is 0 Å². The number of hydrogen-bond donors (Lipinski definition) is 2. The molecule has 0 bridgehead atoms. The molecule has 0 radical (unpaired) electrons. The van der Waals surface area contributed by atoms with E-state index in [1.165, 1.54) is 13.3 Å². The number of halogens is 1. The maximum atomic E-state index is 11.5. The summed E-state index contributed by atoms with van der Waals surface area (Å²) in [5.74, 6) is 0.211. The minimum atomic E-state index is -0.781. The first-order valence-electron chi connectivity index (χ1n) is 6.71. The predicted molar refractivity (Wildman–Crippen MR) is 90.8 cm³/mol. The maximum Gasteiger partial charge on any atom is 0.346 e. The van der Waals surface area contributed by atoms with E-state index in [9.17, 15) is 4.79 Å². The van der Waals surface area contributed by atoms with Gasteiger partial charge in [-0.2, -0.15) is 5.10 Å². The van der Waals surface area contributed by atoms with Crippen LogP contribution in [0.1, 0.15) is 19.4 Å². The fourth-order valence-corrected chi connectivity index (χ4v) is 2.15. The van der Waals surface area contributed by atoms with Gasteiger partial charge in [0.15, 0.2) is 17.6 Å². The summed E-state index contributed by atoms with van der Waals surface area (Å²) in [4.78, 5) is 11.5. The number of hydrogen-bond acceptors (Lipinski definition) is 6. The molecule has 1 unspecified atom stereocenters. The number of ether oxygens (including phenoxy) is 3. The number of nitrogens with two attached hydrogens (primary N) is 2. The van der Waals surface area contributed by atoms with Crippen LogP contribution in [0.2, 0.25) is 0 Å². The summed E-state index contributed by atoms with van der Waals surface area (Å²) >= 11 is 3.38. The summed E-state index contributed by atoms with van der Waals surface area (Å²) < 4.78 is 16.4. The summed E-state index contributed by atoms with van der Waals surface area (Å²) in [5.41, 5.74) is 11.1. The average molecular weight is 387 g/mol. The Morgan fingerprint density at radius 3 is 2.70 bits per heavy atom. The molecule has 9 heteroatoms. The lowest BCUT2D eigenvalue weighted by molar-refractivity contribution is -0.147. The summed E-state index contributed by atoms with van der Waals surface area (Å²) in [5, 5.41) is 7.26. The minimum Gasteiger partial charge on any atom is -0.490 e. The van der Waals surface area contributed by atoms with E-state index in [1.54, 1.807) is 19.1 Å². The standard InChI is InChI=1S/C14H19BrN4O4/c1-4-22-11-6-9(7-18-19-14(16)17)5-10(15)12(11)23-8(2)13(20)21-3/h5-8H,4H2,1-3H3,(H4,16,17,19). The average Bonchev–Trinajstić information content (AvgIpc) is 2.49. The molecule has 0 aliphatic carbocycles. The lowest BCUT2D eigenvalue weighted by atomic mass is 10.2. The van der Waals surface area contributed by atoms with Crippen LogP contribution < -0.4 is 20.9 Å². The van der Waals surface area contributed by atoms with Crippen LogP contribution in [0.5, 0.6) is 11.5 Å². The lowest BCUT2D eigenvalue weighted by Crippen LogP contribution is -2.25. The topological polar surface area (TPSA) is 122 Å². The van der Waals surface area contributed by atoms with Crippen molar-refractivity contribution in [2.24, 2.45) is 21.7 Å². The predicted octanol–water partition coefficient (Wildman–Crippen LogP) is 1.40. The Labute approximate surface area is 142 Å². The molecule has 126 valence electrons. The molecular formula is C14H19BrN4O4. The summed E-state index contributed by atoms with van der Waals surface area (Å²) in [6.45, 7) is 3.84. The Bertz CT molecular complexity index is 615. The Kier molecular flexibility index (Phi) is 7.33. The van der Waals surface area contributed by atoms with Gasteiger partial charge in [0.1, 0.15) is 0 Å². The van der Waals surface area contributed by atoms with Crippen molar-refractivity contribution in [3.8, 4) is 11.5 Å². The molecular weight excluding hydrogens is 368 g/mol. The zero-order valence-corrected chi connectivity index (χ0v) is 14.7. The second-order valence-corrected chi connectivity index (χ2v) is 5.17. The van der Waals surface area contributed by atoms with Crippen LogP contribution in [0, 0.1) is 0 Å². The van der Waals surface area contributed by atoms with Crippen molar-refractivity contribution in [1.82, 2.24) is 0 Å². The summed E-state index contributed by atoms with van der Waals surface area (Å²) in [7, 11) is 1.30. The number of carbonyl (C=O) groups excluding carboxylic acids is 1. The number of benzene rings is 1. The Morgan fingerprint density at radius 2 is 2.13 bits per heavy atom.